The molecule has 2 aliphatic heterocycles. The molecule has 1 atom stereocenters. The molecule has 2 N–H and O–H groups in total. The summed E-state index contributed by atoms with van der Waals surface area (Å²) >= 11 is 0. The molecule has 6 rings (SSSR count). The maximum absolute atomic E-state index is 13.3. The minimum absolute atomic E-state index is 0.0348. The zero-order chi connectivity index (χ0) is 25.4. The largest absolute Gasteiger partial charge is 0.492 e. The lowest BCUT2D eigenvalue weighted by Gasteiger charge is -2.33. The van der Waals surface area contributed by atoms with Crippen molar-refractivity contribution in [2.75, 3.05) is 40.2 Å². The van der Waals surface area contributed by atoms with E-state index >= 15 is 0 Å². The molecule has 3 aromatic rings. The Morgan fingerprint density at radius 2 is 2.11 bits per heavy atom. The zero-order valence-electron chi connectivity index (χ0n) is 20.6. The minimum atomic E-state index is -0.259. The molecule has 4 heterocycles. The number of likely N-dealkylation sites (tertiary alicyclic amines) is 1. The van der Waals surface area contributed by atoms with Gasteiger partial charge in [0, 0.05) is 32.4 Å². The molecule has 11 heteroatoms. The second-order valence-corrected chi connectivity index (χ2v) is 9.66. The van der Waals surface area contributed by atoms with Gasteiger partial charge < -0.3 is 34.1 Å². The summed E-state index contributed by atoms with van der Waals surface area (Å²) < 4.78 is 22.5. The van der Waals surface area contributed by atoms with Gasteiger partial charge in [-0.2, -0.15) is 0 Å². The Kier molecular flexibility index (Phi) is 6.29. The fourth-order valence-corrected chi connectivity index (χ4v) is 4.89. The van der Waals surface area contributed by atoms with Crippen LogP contribution in [0, 0.1) is 5.92 Å². The fraction of sp³-hybridized carbons (Fsp3) is 0.462. The van der Waals surface area contributed by atoms with Gasteiger partial charge in [0.15, 0.2) is 11.5 Å². The van der Waals surface area contributed by atoms with Crippen LogP contribution >= 0.6 is 0 Å². The van der Waals surface area contributed by atoms with Crippen molar-refractivity contribution < 1.29 is 28.5 Å². The molecule has 3 aliphatic rings. The van der Waals surface area contributed by atoms with E-state index in [0.717, 1.165) is 12.8 Å². The van der Waals surface area contributed by atoms with Crippen molar-refractivity contribution >= 4 is 22.8 Å². The molecule has 194 valence electrons. The van der Waals surface area contributed by atoms with Gasteiger partial charge in [-0.3, -0.25) is 9.59 Å². The van der Waals surface area contributed by atoms with E-state index in [1.807, 2.05) is 12.1 Å². The van der Waals surface area contributed by atoms with Crippen LogP contribution in [0.3, 0.4) is 0 Å². The first-order valence-electron chi connectivity index (χ1n) is 12.6. The lowest BCUT2D eigenvalue weighted by molar-refractivity contribution is -0.136. The Balaban J connectivity index is 1.28. The van der Waals surface area contributed by atoms with Crippen LogP contribution in [0.15, 0.2) is 24.7 Å². The molecule has 1 saturated heterocycles. The number of carbonyl (C=O) groups is 2. The SMILES string of the molecule is COCC(=O)N1CCC[C@H](NC(=O)c2c[nH]c3c(-c4c(OCC5CC5)ccc5c4OCO5)ncnc23)C1. The third kappa shape index (κ3) is 4.66. The first-order valence-corrected chi connectivity index (χ1v) is 12.6. The van der Waals surface area contributed by atoms with Crippen LogP contribution in [0.1, 0.15) is 36.0 Å². The van der Waals surface area contributed by atoms with Gasteiger partial charge in [0.05, 0.1) is 23.3 Å². The molecule has 0 unspecified atom stereocenters. The highest BCUT2D eigenvalue weighted by Crippen LogP contribution is 2.48. The highest BCUT2D eigenvalue weighted by molar-refractivity contribution is 6.08. The van der Waals surface area contributed by atoms with E-state index in [2.05, 4.69) is 20.3 Å². The summed E-state index contributed by atoms with van der Waals surface area (Å²) in [4.78, 5) is 39.4. The Hall–Kier alpha value is -3.86. The summed E-state index contributed by atoms with van der Waals surface area (Å²) in [7, 11) is 1.50. The van der Waals surface area contributed by atoms with Gasteiger partial charge in [-0.25, -0.2) is 9.97 Å². The van der Waals surface area contributed by atoms with E-state index < -0.39 is 0 Å². The molecule has 0 bridgehead atoms. The molecule has 2 fully saturated rings. The quantitative estimate of drug-likeness (QED) is 0.476. The summed E-state index contributed by atoms with van der Waals surface area (Å²) in [5.74, 6) is 2.08. The number of H-pyrrole nitrogens is 1. The van der Waals surface area contributed by atoms with Gasteiger partial charge in [-0.15, -0.1) is 0 Å². The van der Waals surface area contributed by atoms with E-state index in [9.17, 15) is 9.59 Å². The number of aromatic nitrogens is 3. The number of hydrogen-bond acceptors (Lipinski definition) is 8. The van der Waals surface area contributed by atoms with E-state index in [4.69, 9.17) is 18.9 Å². The summed E-state index contributed by atoms with van der Waals surface area (Å²) in [6.45, 7) is 1.90. The third-order valence-corrected chi connectivity index (χ3v) is 6.99. The zero-order valence-corrected chi connectivity index (χ0v) is 20.6. The number of aromatic amines is 1. The summed E-state index contributed by atoms with van der Waals surface area (Å²) in [6, 6.07) is 3.55. The maximum Gasteiger partial charge on any atom is 0.255 e. The summed E-state index contributed by atoms with van der Waals surface area (Å²) in [5.41, 5.74) is 2.76. The molecule has 2 aromatic heterocycles. The topological polar surface area (TPSA) is 128 Å². The van der Waals surface area contributed by atoms with Gasteiger partial charge in [0.25, 0.3) is 5.91 Å². The van der Waals surface area contributed by atoms with Crippen molar-refractivity contribution in [3.63, 3.8) is 0 Å². The van der Waals surface area contributed by atoms with Crippen LogP contribution in [0.25, 0.3) is 22.3 Å². The van der Waals surface area contributed by atoms with Gasteiger partial charge in [-0.1, -0.05) is 0 Å². The van der Waals surface area contributed by atoms with Crippen molar-refractivity contribution in [1.29, 1.82) is 0 Å². The van der Waals surface area contributed by atoms with E-state index in [1.165, 1.54) is 26.3 Å². The Morgan fingerprint density at radius 1 is 1.22 bits per heavy atom. The monoisotopic (exact) mass is 507 g/mol. The molecule has 37 heavy (non-hydrogen) atoms. The van der Waals surface area contributed by atoms with Crippen LogP contribution in [0.4, 0.5) is 0 Å². The van der Waals surface area contributed by atoms with Gasteiger partial charge in [0.2, 0.25) is 12.7 Å². The van der Waals surface area contributed by atoms with Crippen LogP contribution < -0.4 is 19.5 Å². The van der Waals surface area contributed by atoms with Crippen molar-refractivity contribution in [2.45, 2.75) is 31.7 Å². The number of piperidine rings is 1. The van der Waals surface area contributed by atoms with Gasteiger partial charge >= 0.3 is 0 Å². The predicted molar refractivity (Wildman–Crippen MR) is 133 cm³/mol. The summed E-state index contributed by atoms with van der Waals surface area (Å²) in [6.07, 6.45) is 7.03. The van der Waals surface area contributed by atoms with Crippen LogP contribution in [-0.2, 0) is 9.53 Å². The number of rotatable bonds is 8. The number of benzene rings is 1. The van der Waals surface area contributed by atoms with Gasteiger partial charge in [-0.05, 0) is 43.7 Å². The number of ether oxygens (including phenoxy) is 4. The van der Waals surface area contributed by atoms with Crippen molar-refractivity contribution in [1.82, 2.24) is 25.2 Å². The second-order valence-electron chi connectivity index (χ2n) is 9.66. The van der Waals surface area contributed by atoms with Gasteiger partial charge in [0.1, 0.15) is 29.9 Å². The maximum atomic E-state index is 13.3. The van der Waals surface area contributed by atoms with E-state index in [0.29, 0.717) is 70.7 Å². The lowest BCUT2D eigenvalue weighted by Crippen LogP contribution is -2.50. The van der Waals surface area contributed by atoms with Crippen molar-refractivity contribution in [3.8, 4) is 28.5 Å². The molecule has 1 aliphatic carbocycles. The van der Waals surface area contributed by atoms with Crippen LogP contribution in [0.2, 0.25) is 0 Å². The minimum Gasteiger partial charge on any atom is -0.492 e. The Bertz CT molecular complexity index is 1340. The lowest BCUT2D eigenvalue weighted by atomic mass is 10.0. The number of fused-ring (bicyclic) bond motifs is 2. The highest BCUT2D eigenvalue weighted by Gasteiger charge is 2.30. The molecule has 0 radical (unpaired) electrons. The number of nitrogens with one attached hydrogen (secondary N) is 2. The number of hydrogen-bond donors (Lipinski definition) is 2. The van der Waals surface area contributed by atoms with Crippen LogP contribution in [-0.4, -0.2) is 77.9 Å². The van der Waals surface area contributed by atoms with E-state index in [-0.39, 0.29) is 31.3 Å². The number of amides is 2. The highest BCUT2D eigenvalue weighted by atomic mass is 16.7. The second kappa shape index (κ2) is 9.89. The average molecular weight is 508 g/mol. The summed E-state index contributed by atoms with van der Waals surface area (Å²) in [5, 5.41) is 3.07. The van der Waals surface area contributed by atoms with Crippen molar-refractivity contribution in [3.05, 3.63) is 30.2 Å². The third-order valence-electron chi connectivity index (χ3n) is 6.99. The smallest absolute Gasteiger partial charge is 0.255 e. The molecule has 11 nitrogen and oxygen atoms in total. The Labute approximate surface area is 213 Å². The normalized spacial score (nSPS) is 18.7. The van der Waals surface area contributed by atoms with Crippen molar-refractivity contribution in [2.24, 2.45) is 5.92 Å². The fourth-order valence-electron chi connectivity index (χ4n) is 4.89. The first-order chi connectivity index (χ1) is 18.1. The molecular weight excluding hydrogens is 478 g/mol. The number of nitrogens with zero attached hydrogens (tertiary/aromatic N) is 3. The number of methoxy groups -OCH3 is 1. The Morgan fingerprint density at radius 3 is 2.95 bits per heavy atom. The average Bonchev–Trinajstić information content (AvgIpc) is 3.43. The molecule has 1 saturated carbocycles. The van der Waals surface area contributed by atoms with E-state index in [1.54, 1.807) is 11.1 Å². The van der Waals surface area contributed by atoms with Crippen LogP contribution in [0.5, 0.6) is 17.2 Å². The molecule has 1 aromatic carbocycles. The molecule has 0 spiro atoms. The standard InChI is InChI=1S/C26H29N5O6/c1-34-12-20(32)31-8-2-3-16(10-31)30-26(33)17-9-27-24-22(17)28-13-29-23(24)21-18(35-11-15-4-5-15)6-7-19-25(21)37-14-36-19/h6-7,9,13,15-16,27H,2-5,8,10-12,14H2,1H3,(H,30,33)/t16-/m0/s1. The molecular formula is C26H29N5O6. The number of carbonyl (C=O) groups excluding carboxylic acids is 2. The molecule has 2 amide bonds. The first kappa shape index (κ1) is 23.5. The predicted octanol–water partition coefficient (Wildman–Crippen LogP) is 2.51.